The summed E-state index contributed by atoms with van der Waals surface area (Å²) in [5.41, 5.74) is -2.10. The number of rotatable bonds is 3. The van der Waals surface area contributed by atoms with Gasteiger partial charge in [-0.1, -0.05) is 19.8 Å². The van der Waals surface area contributed by atoms with Crippen LogP contribution in [0.4, 0.5) is 22.0 Å². The monoisotopic (exact) mass is 216 g/mol. The van der Waals surface area contributed by atoms with Crippen molar-refractivity contribution < 1.29 is 22.0 Å². The fraction of sp³-hybridized carbons (Fsp3) is 1.00. The molecule has 1 fully saturated rings. The summed E-state index contributed by atoms with van der Waals surface area (Å²) in [6, 6.07) is 0. The van der Waals surface area contributed by atoms with Crippen molar-refractivity contribution in [2.24, 2.45) is 5.41 Å². The highest BCUT2D eigenvalue weighted by molar-refractivity contribution is 5.03. The Kier molecular flexibility index (Phi) is 2.80. The largest absolute Gasteiger partial charge is 0.394 e. The molecule has 0 heterocycles. The molecule has 14 heavy (non-hydrogen) atoms. The van der Waals surface area contributed by atoms with Gasteiger partial charge in [-0.05, 0) is 6.42 Å². The molecule has 0 spiro atoms. The van der Waals surface area contributed by atoms with E-state index in [4.69, 9.17) is 0 Å². The average molecular weight is 216 g/mol. The van der Waals surface area contributed by atoms with Gasteiger partial charge < -0.3 is 0 Å². The van der Waals surface area contributed by atoms with Crippen LogP contribution >= 0.6 is 0 Å². The first-order valence-electron chi connectivity index (χ1n) is 4.67. The highest BCUT2D eigenvalue weighted by atomic mass is 19.4. The SMILES string of the molecule is CCCCC1(C(F)(F)F)CC(F)(F)C1. The Morgan fingerprint density at radius 1 is 1.14 bits per heavy atom. The summed E-state index contributed by atoms with van der Waals surface area (Å²) in [7, 11) is 0. The molecule has 0 atom stereocenters. The van der Waals surface area contributed by atoms with E-state index in [1.807, 2.05) is 0 Å². The van der Waals surface area contributed by atoms with Gasteiger partial charge in [-0.25, -0.2) is 8.78 Å². The molecule has 84 valence electrons. The van der Waals surface area contributed by atoms with Crippen molar-refractivity contribution in [2.45, 2.75) is 51.1 Å². The smallest absolute Gasteiger partial charge is 0.207 e. The van der Waals surface area contributed by atoms with Gasteiger partial charge in [0.2, 0.25) is 5.92 Å². The quantitative estimate of drug-likeness (QED) is 0.621. The van der Waals surface area contributed by atoms with Crippen LogP contribution in [0.25, 0.3) is 0 Å². The summed E-state index contributed by atoms with van der Waals surface area (Å²) < 4.78 is 62.4. The molecule has 1 aliphatic rings. The number of unbranched alkanes of at least 4 members (excludes halogenated alkanes) is 1. The van der Waals surface area contributed by atoms with E-state index in [1.165, 1.54) is 0 Å². The Morgan fingerprint density at radius 2 is 1.64 bits per heavy atom. The third-order valence-electron chi connectivity index (χ3n) is 2.80. The fourth-order valence-corrected chi connectivity index (χ4v) is 1.97. The van der Waals surface area contributed by atoms with Gasteiger partial charge in [0.1, 0.15) is 0 Å². The van der Waals surface area contributed by atoms with E-state index in [2.05, 4.69) is 0 Å². The molecule has 0 aromatic carbocycles. The maximum absolute atomic E-state index is 12.5. The van der Waals surface area contributed by atoms with Gasteiger partial charge in [-0.15, -0.1) is 0 Å². The van der Waals surface area contributed by atoms with Crippen LogP contribution in [0.1, 0.15) is 39.0 Å². The summed E-state index contributed by atoms with van der Waals surface area (Å²) in [4.78, 5) is 0. The molecule has 5 heteroatoms. The van der Waals surface area contributed by atoms with Crippen LogP contribution in [0.5, 0.6) is 0 Å². The molecule has 0 nitrogen and oxygen atoms in total. The summed E-state index contributed by atoms with van der Waals surface area (Å²) in [6.07, 6.45) is -5.74. The van der Waals surface area contributed by atoms with Crippen LogP contribution in [0.3, 0.4) is 0 Å². The average Bonchev–Trinajstić information content (AvgIpc) is 1.93. The Morgan fingerprint density at radius 3 is 1.93 bits per heavy atom. The molecule has 0 saturated heterocycles. The zero-order chi connectivity index (χ0) is 11.0. The van der Waals surface area contributed by atoms with E-state index in [1.54, 1.807) is 6.92 Å². The molecule has 0 aliphatic heterocycles. The van der Waals surface area contributed by atoms with Crippen molar-refractivity contribution in [2.75, 3.05) is 0 Å². The van der Waals surface area contributed by atoms with Crippen LogP contribution in [0.15, 0.2) is 0 Å². The molecule has 0 aromatic heterocycles. The van der Waals surface area contributed by atoms with Gasteiger partial charge in [-0.3, -0.25) is 0 Å². The maximum Gasteiger partial charge on any atom is 0.394 e. The van der Waals surface area contributed by atoms with Gasteiger partial charge in [0.05, 0.1) is 5.41 Å². The molecule has 0 aromatic rings. The number of alkyl halides is 5. The van der Waals surface area contributed by atoms with Crippen molar-refractivity contribution in [3.05, 3.63) is 0 Å². The van der Waals surface area contributed by atoms with E-state index < -0.39 is 30.4 Å². The Bertz CT molecular complexity index is 198. The van der Waals surface area contributed by atoms with Gasteiger partial charge >= 0.3 is 6.18 Å². The summed E-state index contributed by atoms with van der Waals surface area (Å²) in [5, 5.41) is 0. The molecule has 0 bridgehead atoms. The number of hydrogen-bond acceptors (Lipinski definition) is 0. The summed E-state index contributed by atoms with van der Waals surface area (Å²) >= 11 is 0. The molecule has 0 unspecified atom stereocenters. The molecule has 1 saturated carbocycles. The first kappa shape index (κ1) is 11.7. The second-order valence-electron chi connectivity index (χ2n) is 4.09. The Hall–Kier alpha value is -0.350. The van der Waals surface area contributed by atoms with Gasteiger partial charge in [0, 0.05) is 12.8 Å². The predicted molar refractivity (Wildman–Crippen MR) is 42.2 cm³/mol. The lowest BCUT2D eigenvalue weighted by Crippen LogP contribution is -2.54. The third-order valence-corrected chi connectivity index (χ3v) is 2.80. The van der Waals surface area contributed by atoms with Crippen molar-refractivity contribution in [3.8, 4) is 0 Å². The van der Waals surface area contributed by atoms with Crippen LogP contribution < -0.4 is 0 Å². The fourth-order valence-electron chi connectivity index (χ4n) is 1.97. The molecular formula is C9H13F5. The molecule has 1 aliphatic carbocycles. The lowest BCUT2D eigenvalue weighted by Gasteiger charge is -2.48. The lowest BCUT2D eigenvalue weighted by molar-refractivity contribution is -0.311. The highest BCUT2D eigenvalue weighted by Crippen LogP contribution is 2.62. The number of hydrogen-bond donors (Lipinski definition) is 0. The zero-order valence-electron chi connectivity index (χ0n) is 7.93. The van der Waals surface area contributed by atoms with Crippen molar-refractivity contribution in [1.82, 2.24) is 0 Å². The Balaban J connectivity index is 2.65. The standard InChI is InChI=1S/C9H13F5/c1-2-3-4-7(9(12,13)14)5-8(10,11)6-7/h2-6H2,1H3. The van der Waals surface area contributed by atoms with Crippen LogP contribution in [0.2, 0.25) is 0 Å². The molecular weight excluding hydrogens is 203 g/mol. The summed E-state index contributed by atoms with van der Waals surface area (Å²) in [5.74, 6) is -3.11. The molecule has 0 N–H and O–H groups in total. The van der Waals surface area contributed by atoms with Crippen LogP contribution in [0, 0.1) is 5.41 Å². The molecule has 0 radical (unpaired) electrons. The first-order chi connectivity index (χ1) is 6.22. The van der Waals surface area contributed by atoms with Gasteiger partial charge in [-0.2, -0.15) is 13.2 Å². The van der Waals surface area contributed by atoms with Gasteiger partial charge in [0.25, 0.3) is 0 Å². The highest BCUT2D eigenvalue weighted by Gasteiger charge is 2.68. The van der Waals surface area contributed by atoms with Crippen LogP contribution in [-0.4, -0.2) is 12.1 Å². The minimum atomic E-state index is -4.48. The van der Waals surface area contributed by atoms with E-state index in [-0.39, 0.29) is 6.42 Å². The zero-order valence-corrected chi connectivity index (χ0v) is 7.93. The van der Waals surface area contributed by atoms with E-state index in [0.717, 1.165) is 0 Å². The predicted octanol–water partition coefficient (Wildman–Crippen LogP) is 4.15. The maximum atomic E-state index is 12.5. The van der Waals surface area contributed by atoms with Crippen molar-refractivity contribution in [1.29, 1.82) is 0 Å². The lowest BCUT2D eigenvalue weighted by atomic mass is 9.63. The topological polar surface area (TPSA) is 0 Å². The normalized spacial score (nSPS) is 24.4. The van der Waals surface area contributed by atoms with E-state index in [0.29, 0.717) is 12.8 Å². The van der Waals surface area contributed by atoms with E-state index in [9.17, 15) is 22.0 Å². The minimum Gasteiger partial charge on any atom is -0.207 e. The van der Waals surface area contributed by atoms with E-state index >= 15 is 0 Å². The Labute approximate surface area is 79.5 Å². The third kappa shape index (κ3) is 2.01. The number of halogens is 5. The van der Waals surface area contributed by atoms with Crippen LogP contribution in [-0.2, 0) is 0 Å². The van der Waals surface area contributed by atoms with Crippen molar-refractivity contribution >= 4 is 0 Å². The van der Waals surface area contributed by atoms with Crippen molar-refractivity contribution in [3.63, 3.8) is 0 Å². The summed E-state index contributed by atoms with van der Waals surface area (Å²) in [6.45, 7) is 1.75. The second-order valence-corrected chi connectivity index (χ2v) is 4.09. The molecule has 1 rings (SSSR count). The van der Waals surface area contributed by atoms with Gasteiger partial charge in [0.15, 0.2) is 0 Å². The second kappa shape index (κ2) is 3.35. The molecule has 0 amide bonds. The first-order valence-corrected chi connectivity index (χ1v) is 4.67. The minimum absolute atomic E-state index is 0.164.